The van der Waals surface area contributed by atoms with Gasteiger partial charge >= 0.3 is 12.3 Å². The third kappa shape index (κ3) is 6.23. The molecular formula is C20H25F3N6O2. The molecule has 11 heteroatoms. The van der Waals surface area contributed by atoms with Crippen LogP contribution in [0.3, 0.4) is 0 Å². The van der Waals surface area contributed by atoms with E-state index in [1.54, 1.807) is 26.8 Å². The van der Waals surface area contributed by atoms with Crippen LogP contribution in [0.4, 0.5) is 23.8 Å². The number of anilines is 1. The molecule has 0 aliphatic heterocycles. The maximum atomic E-state index is 12.9. The van der Waals surface area contributed by atoms with Gasteiger partial charge in [0.2, 0.25) is 5.82 Å². The normalized spacial score (nSPS) is 19.6. The number of hydrogen-bond donors (Lipinski definition) is 2. The zero-order valence-corrected chi connectivity index (χ0v) is 17.6. The first-order valence-electron chi connectivity index (χ1n) is 10.0. The third-order valence-electron chi connectivity index (χ3n) is 4.87. The lowest BCUT2D eigenvalue weighted by atomic mass is 9.91. The van der Waals surface area contributed by atoms with Crippen LogP contribution in [0.15, 0.2) is 12.3 Å². The molecule has 3 rings (SSSR count). The van der Waals surface area contributed by atoms with Crippen molar-refractivity contribution < 1.29 is 22.7 Å². The maximum absolute atomic E-state index is 12.9. The number of nitriles is 1. The SMILES string of the molecule is CC(C)(C)OC(=O)NC1CCC(Nc2cc3c(cn2)nc(C#N)n3CC(F)(F)F)CC1. The highest BCUT2D eigenvalue weighted by Gasteiger charge is 2.31. The Kier molecular flexibility index (Phi) is 6.29. The van der Waals surface area contributed by atoms with Crippen LogP contribution in [0.1, 0.15) is 52.3 Å². The zero-order valence-electron chi connectivity index (χ0n) is 17.6. The van der Waals surface area contributed by atoms with E-state index in [1.807, 2.05) is 0 Å². The van der Waals surface area contributed by atoms with Crippen LogP contribution in [0, 0.1) is 11.3 Å². The van der Waals surface area contributed by atoms with Gasteiger partial charge in [0, 0.05) is 18.2 Å². The van der Waals surface area contributed by atoms with Gasteiger partial charge in [0.1, 0.15) is 29.5 Å². The number of carbonyl (C=O) groups is 1. The molecule has 2 heterocycles. The van der Waals surface area contributed by atoms with Crippen molar-refractivity contribution in [2.75, 3.05) is 5.32 Å². The Balaban J connectivity index is 1.63. The van der Waals surface area contributed by atoms with E-state index in [9.17, 15) is 18.0 Å². The molecule has 1 fully saturated rings. The number of hydrogen-bond acceptors (Lipinski definition) is 6. The van der Waals surface area contributed by atoms with Crippen molar-refractivity contribution in [3.05, 3.63) is 18.1 Å². The summed E-state index contributed by atoms with van der Waals surface area (Å²) >= 11 is 0. The quantitative estimate of drug-likeness (QED) is 0.744. The van der Waals surface area contributed by atoms with Crippen LogP contribution in [0.2, 0.25) is 0 Å². The summed E-state index contributed by atoms with van der Waals surface area (Å²) in [5.41, 5.74) is -0.125. The Labute approximate surface area is 177 Å². The number of nitrogens with one attached hydrogen (secondary N) is 2. The van der Waals surface area contributed by atoms with Crippen molar-refractivity contribution in [3.8, 4) is 6.07 Å². The number of nitrogens with zero attached hydrogens (tertiary/aromatic N) is 4. The Morgan fingerprint density at radius 3 is 2.48 bits per heavy atom. The largest absolute Gasteiger partial charge is 0.444 e. The van der Waals surface area contributed by atoms with Crippen molar-refractivity contribution in [1.29, 1.82) is 5.26 Å². The predicted molar refractivity (Wildman–Crippen MR) is 107 cm³/mol. The fourth-order valence-electron chi connectivity index (χ4n) is 3.60. The van der Waals surface area contributed by atoms with Gasteiger partial charge in [0.05, 0.1) is 11.7 Å². The fourth-order valence-corrected chi connectivity index (χ4v) is 3.60. The molecular weight excluding hydrogens is 413 g/mol. The average Bonchev–Trinajstić information content (AvgIpc) is 2.97. The van der Waals surface area contributed by atoms with E-state index in [4.69, 9.17) is 10.00 Å². The molecule has 0 aromatic carbocycles. The minimum Gasteiger partial charge on any atom is -0.444 e. The number of halogens is 3. The zero-order chi connectivity index (χ0) is 22.8. The van der Waals surface area contributed by atoms with Crippen LogP contribution < -0.4 is 10.6 Å². The molecule has 2 aromatic rings. The molecule has 31 heavy (non-hydrogen) atoms. The summed E-state index contributed by atoms with van der Waals surface area (Å²) in [6.45, 7) is 4.11. The molecule has 0 saturated heterocycles. The molecule has 1 saturated carbocycles. The van der Waals surface area contributed by atoms with Gasteiger partial charge in [0.15, 0.2) is 0 Å². The van der Waals surface area contributed by atoms with Gasteiger partial charge < -0.3 is 19.9 Å². The van der Waals surface area contributed by atoms with Gasteiger partial charge in [0.25, 0.3) is 0 Å². The monoisotopic (exact) mass is 438 g/mol. The number of amides is 1. The minimum atomic E-state index is -4.48. The Morgan fingerprint density at radius 1 is 1.26 bits per heavy atom. The summed E-state index contributed by atoms with van der Waals surface area (Å²) in [6, 6.07) is 3.26. The van der Waals surface area contributed by atoms with Gasteiger partial charge in [-0.3, -0.25) is 0 Å². The first kappa shape index (κ1) is 22.7. The van der Waals surface area contributed by atoms with Crippen molar-refractivity contribution in [1.82, 2.24) is 19.9 Å². The highest BCUT2D eigenvalue weighted by atomic mass is 19.4. The van der Waals surface area contributed by atoms with E-state index in [1.165, 1.54) is 12.3 Å². The molecule has 2 N–H and O–H groups in total. The number of rotatable bonds is 4. The van der Waals surface area contributed by atoms with E-state index in [-0.39, 0.29) is 28.9 Å². The Bertz CT molecular complexity index is 982. The average molecular weight is 438 g/mol. The maximum Gasteiger partial charge on any atom is 0.407 e. The Morgan fingerprint density at radius 2 is 1.90 bits per heavy atom. The molecule has 0 spiro atoms. The number of alkyl carbamates (subject to hydrolysis) is 1. The molecule has 1 amide bonds. The lowest BCUT2D eigenvalue weighted by molar-refractivity contribution is -0.140. The molecule has 0 bridgehead atoms. The number of imidazole rings is 1. The lowest BCUT2D eigenvalue weighted by Gasteiger charge is -2.30. The summed E-state index contributed by atoms with van der Waals surface area (Å²) in [6.07, 6.45) is -0.566. The van der Waals surface area contributed by atoms with E-state index in [2.05, 4.69) is 20.6 Å². The summed E-state index contributed by atoms with van der Waals surface area (Å²) in [4.78, 5) is 20.1. The number of pyridine rings is 1. The first-order chi connectivity index (χ1) is 14.4. The molecule has 0 radical (unpaired) electrons. The number of carbonyl (C=O) groups excluding carboxylic acids is 1. The van der Waals surface area contributed by atoms with E-state index in [0.29, 0.717) is 5.82 Å². The topological polar surface area (TPSA) is 105 Å². The number of fused-ring (bicyclic) bond motifs is 1. The van der Waals surface area contributed by atoms with Crippen LogP contribution >= 0.6 is 0 Å². The van der Waals surface area contributed by atoms with Gasteiger partial charge in [-0.05, 0) is 46.5 Å². The van der Waals surface area contributed by atoms with Crippen LogP contribution in [-0.4, -0.2) is 44.5 Å². The van der Waals surface area contributed by atoms with Crippen molar-refractivity contribution in [2.45, 2.75) is 76.9 Å². The van der Waals surface area contributed by atoms with Gasteiger partial charge in [-0.2, -0.15) is 18.4 Å². The molecule has 2 aromatic heterocycles. The van der Waals surface area contributed by atoms with Crippen molar-refractivity contribution in [3.63, 3.8) is 0 Å². The van der Waals surface area contributed by atoms with Crippen molar-refractivity contribution in [2.24, 2.45) is 0 Å². The van der Waals surface area contributed by atoms with Crippen LogP contribution in [-0.2, 0) is 11.3 Å². The molecule has 8 nitrogen and oxygen atoms in total. The summed E-state index contributed by atoms with van der Waals surface area (Å²) < 4.78 is 44.9. The second kappa shape index (κ2) is 8.61. The lowest BCUT2D eigenvalue weighted by Crippen LogP contribution is -2.42. The minimum absolute atomic E-state index is 0.00902. The number of aromatic nitrogens is 3. The summed E-state index contributed by atoms with van der Waals surface area (Å²) in [7, 11) is 0. The van der Waals surface area contributed by atoms with E-state index < -0.39 is 24.4 Å². The highest BCUT2D eigenvalue weighted by molar-refractivity contribution is 5.78. The van der Waals surface area contributed by atoms with Gasteiger partial charge in [-0.1, -0.05) is 0 Å². The van der Waals surface area contributed by atoms with E-state index in [0.717, 1.165) is 30.3 Å². The predicted octanol–water partition coefficient (Wildman–Crippen LogP) is 4.11. The Hall–Kier alpha value is -3.03. The van der Waals surface area contributed by atoms with Gasteiger partial charge in [-0.25, -0.2) is 14.8 Å². The molecule has 168 valence electrons. The number of alkyl halides is 3. The second-order valence-corrected chi connectivity index (χ2v) is 8.65. The molecule has 1 aliphatic rings. The van der Waals surface area contributed by atoms with Crippen LogP contribution in [0.25, 0.3) is 11.0 Å². The second-order valence-electron chi connectivity index (χ2n) is 8.65. The fraction of sp³-hybridized carbons (Fsp3) is 0.600. The van der Waals surface area contributed by atoms with E-state index >= 15 is 0 Å². The standard InChI is InChI=1S/C20H25F3N6O2/c1-19(2,3)31-18(30)27-13-6-4-12(5-7-13)26-16-8-15-14(10-25-16)28-17(9-24)29(15)11-20(21,22)23/h8,10,12-13H,4-7,11H2,1-3H3,(H,25,26)(H,27,30). The summed E-state index contributed by atoms with van der Waals surface area (Å²) in [5.74, 6) is 0.115. The smallest absolute Gasteiger partial charge is 0.407 e. The molecule has 0 unspecified atom stereocenters. The highest BCUT2D eigenvalue weighted by Crippen LogP contribution is 2.26. The summed E-state index contributed by atoms with van der Waals surface area (Å²) in [5, 5.41) is 15.2. The van der Waals surface area contributed by atoms with Crippen molar-refractivity contribution >= 4 is 22.9 Å². The molecule has 0 atom stereocenters. The first-order valence-corrected chi connectivity index (χ1v) is 10.0. The van der Waals surface area contributed by atoms with Crippen LogP contribution in [0.5, 0.6) is 0 Å². The number of ether oxygens (including phenoxy) is 1. The molecule has 1 aliphatic carbocycles. The van der Waals surface area contributed by atoms with Gasteiger partial charge in [-0.15, -0.1) is 0 Å². The third-order valence-corrected chi connectivity index (χ3v) is 4.87.